The molecule has 1 fully saturated rings. The van der Waals surface area contributed by atoms with Crippen LogP contribution >= 0.6 is 27.3 Å². The van der Waals surface area contributed by atoms with Gasteiger partial charge in [0.25, 0.3) is 5.91 Å². The molecule has 10 nitrogen and oxygen atoms in total. The molecule has 192 valence electrons. The third kappa shape index (κ3) is 4.72. The number of halogens is 1. The van der Waals surface area contributed by atoms with Crippen molar-refractivity contribution < 1.29 is 14.0 Å². The quantitative estimate of drug-likeness (QED) is 0.318. The number of fused-ring (bicyclic) bond motifs is 1. The standard InChI is InChI=1S/C26H22BrN7O3S/c1-15(35)33-12-17(30-25(36)22-7-8-23(27)38-22)11-18(13-33)34-21-6-5-16(26-32-29-14-37-26)10-20(21)31-24(34)19-4-2-3-9-28-19/h2-10,14,17-18H,11-13H2,1H3,(H,30,36). The Labute approximate surface area is 229 Å². The summed E-state index contributed by atoms with van der Waals surface area (Å²) in [7, 11) is 0. The van der Waals surface area contributed by atoms with E-state index in [0.29, 0.717) is 41.8 Å². The van der Waals surface area contributed by atoms with Crippen LogP contribution in [0.5, 0.6) is 0 Å². The Morgan fingerprint density at radius 3 is 2.76 bits per heavy atom. The van der Waals surface area contributed by atoms with Gasteiger partial charge in [-0.2, -0.15) is 0 Å². The van der Waals surface area contributed by atoms with Gasteiger partial charge in [-0.1, -0.05) is 6.07 Å². The van der Waals surface area contributed by atoms with E-state index in [1.165, 1.54) is 17.7 Å². The van der Waals surface area contributed by atoms with Crippen molar-refractivity contribution in [3.8, 4) is 23.0 Å². The number of hydrogen-bond acceptors (Lipinski definition) is 8. The average molecular weight is 592 g/mol. The second-order valence-corrected chi connectivity index (χ2v) is 11.5. The van der Waals surface area contributed by atoms with Crippen molar-refractivity contribution in [2.45, 2.75) is 25.4 Å². The zero-order valence-corrected chi connectivity index (χ0v) is 22.6. The van der Waals surface area contributed by atoms with Crippen LogP contribution in [-0.4, -0.2) is 60.6 Å². The third-order valence-electron chi connectivity index (χ3n) is 6.56. The van der Waals surface area contributed by atoms with Crippen LogP contribution in [0, 0.1) is 0 Å². The normalized spacial score (nSPS) is 17.6. The highest BCUT2D eigenvalue weighted by Gasteiger charge is 2.33. The van der Waals surface area contributed by atoms with Gasteiger partial charge in [0.1, 0.15) is 5.69 Å². The number of imidazole rings is 1. The maximum absolute atomic E-state index is 13.0. The number of rotatable bonds is 5. The Morgan fingerprint density at radius 1 is 1.16 bits per heavy atom. The van der Waals surface area contributed by atoms with Crippen molar-refractivity contribution >= 4 is 50.1 Å². The van der Waals surface area contributed by atoms with E-state index in [2.05, 4.69) is 41.0 Å². The highest BCUT2D eigenvalue weighted by atomic mass is 79.9. The molecule has 0 radical (unpaired) electrons. The first-order valence-corrected chi connectivity index (χ1v) is 13.6. The second-order valence-electron chi connectivity index (χ2n) is 9.06. The number of aromatic nitrogens is 5. The first kappa shape index (κ1) is 24.4. The molecule has 2 amide bonds. The SMILES string of the molecule is CC(=O)N1CC(NC(=O)c2ccc(Br)s2)CC(n2c(-c3ccccn3)nc3cc(-c4nnco4)ccc32)C1. The van der Waals surface area contributed by atoms with Crippen molar-refractivity contribution in [2.75, 3.05) is 13.1 Å². The first-order chi connectivity index (χ1) is 18.5. The Hall–Kier alpha value is -3.90. The maximum atomic E-state index is 13.0. The lowest BCUT2D eigenvalue weighted by Crippen LogP contribution is -2.52. The lowest BCUT2D eigenvalue weighted by molar-refractivity contribution is -0.130. The molecule has 0 saturated carbocycles. The monoisotopic (exact) mass is 591 g/mol. The van der Waals surface area contributed by atoms with E-state index >= 15 is 0 Å². The number of nitrogens with zero attached hydrogens (tertiary/aromatic N) is 6. The van der Waals surface area contributed by atoms with Crippen LogP contribution in [0.4, 0.5) is 0 Å². The van der Waals surface area contributed by atoms with Gasteiger partial charge in [0.05, 0.1) is 25.7 Å². The van der Waals surface area contributed by atoms with Gasteiger partial charge in [-0.05, 0) is 64.8 Å². The summed E-state index contributed by atoms with van der Waals surface area (Å²) in [6, 6.07) is 14.7. The molecule has 1 aliphatic heterocycles. The highest BCUT2D eigenvalue weighted by Crippen LogP contribution is 2.34. The van der Waals surface area contributed by atoms with E-state index in [4.69, 9.17) is 9.40 Å². The summed E-state index contributed by atoms with van der Waals surface area (Å²) in [6.45, 7) is 2.49. The number of piperidine rings is 1. The summed E-state index contributed by atoms with van der Waals surface area (Å²) >= 11 is 4.79. The molecular weight excluding hydrogens is 570 g/mol. The Balaban J connectivity index is 1.41. The summed E-state index contributed by atoms with van der Waals surface area (Å²) in [6.07, 6.45) is 3.64. The molecule has 1 aliphatic rings. The van der Waals surface area contributed by atoms with Gasteiger partial charge in [0.2, 0.25) is 18.2 Å². The zero-order valence-electron chi connectivity index (χ0n) is 20.2. The second kappa shape index (κ2) is 10.1. The molecule has 4 aromatic heterocycles. The van der Waals surface area contributed by atoms with E-state index in [0.717, 1.165) is 20.4 Å². The number of benzene rings is 1. The van der Waals surface area contributed by atoms with E-state index in [-0.39, 0.29) is 23.9 Å². The smallest absolute Gasteiger partial charge is 0.261 e. The topological polar surface area (TPSA) is 119 Å². The van der Waals surface area contributed by atoms with Crippen molar-refractivity contribution in [2.24, 2.45) is 0 Å². The van der Waals surface area contributed by atoms with Crippen molar-refractivity contribution in [3.05, 3.63) is 69.8 Å². The third-order valence-corrected chi connectivity index (χ3v) is 8.18. The summed E-state index contributed by atoms with van der Waals surface area (Å²) in [5, 5.41) is 10.9. The van der Waals surface area contributed by atoms with E-state index in [9.17, 15) is 9.59 Å². The van der Waals surface area contributed by atoms with Crippen LogP contribution in [0.15, 0.2) is 69.3 Å². The molecular formula is C26H22BrN7O3S. The van der Waals surface area contributed by atoms with Crippen LogP contribution in [0.25, 0.3) is 34.0 Å². The number of likely N-dealkylation sites (tertiary alicyclic amines) is 1. The van der Waals surface area contributed by atoms with E-state index in [1.807, 2.05) is 42.5 Å². The van der Waals surface area contributed by atoms with Gasteiger partial charge in [0, 0.05) is 37.8 Å². The number of carbonyl (C=O) groups is 2. The van der Waals surface area contributed by atoms with Gasteiger partial charge < -0.3 is 19.2 Å². The molecule has 12 heteroatoms. The summed E-state index contributed by atoms with van der Waals surface area (Å²) in [5.41, 5.74) is 3.10. The Kier molecular flexibility index (Phi) is 6.50. The lowest BCUT2D eigenvalue weighted by atomic mass is 9.99. The minimum atomic E-state index is -0.238. The Bertz CT molecular complexity index is 1620. The molecule has 1 N–H and O–H groups in total. The van der Waals surface area contributed by atoms with Crippen molar-refractivity contribution in [1.29, 1.82) is 0 Å². The predicted molar refractivity (Wildman–Crippen MR) is 145 cm³/mol. The van der Waals surface area contributed by atoms with Gasteiger partial charge in [-0.15, -0.1) is 21.5 Å². The minimum absolute atomic E-state index is 0.0460. The molecule has 1 aromatic carbocycles. The maximum Gasteiger partial charge on any atom is 0.261 e. The molecule has 0 aliphatic carbocycles. The first-order valence-electron chi connectivity index (χ1n) is 12.0. The van der Waals surface area contributed by atoms with Gasteiger partial charge in [-0.3, -0.25) is 14.6 Å². The zero-order chi connectivity index (χ0) is 26.2. The lowest BCUT2D eigenvalue weighted by Gasteiger charge is -2.38. The fraction of sp³-hybridized carbons (Fsp3) is 0.231. The largest absolute Gasteiger partial charge is 0.423 e. The van der Waals surface area contributed by atoms with Gasteiger partial charge in [-0.25, -0.2) is 4.98 Å². The summed E-state index contributed by atoms with van der Waals surface area (Å²) < 4.78 is 8.40. The van der Waals surface area contributed by atoms with Crippen molar-refractivity contribution in [1.82, 2.24) is 34.9 Å². The van der Waals surface area contributed by atoms with Crippen LogP contribution in [0.1, 0.15) is 29.1 Å². The molecule has 1 saturated heterocycles. The molecule has 0 spiro atoms. The minimum Gasteiger partial charge on any atom is -0.423 e. The average Bonchev–Trinajstić information content (AvgIpc) is 3.68. The molecule has 2 atom stereocenters. The molecule has 38 heavy (non-hydrogen) atoms. The fourth-order valence-electron chi connectivity index (χ4n) is 4.89. The molecule has 2 unspecified atom stereocenters. The number of thiophene rings is 1. The molecule has 5 heterocycles. The summed E-state index contributed by atoms with van der Waals surface area (Å²) in [5.74, 6) is 0.894. The molecule has 0 bridgehead atoms. The molecule has 6 rings (SSSR count). The van der Waals surface area contributed by atoms with Crippen molar-refractivity contribution in [3.63, 3.8) is 0 Å². The number of carbonyl (C=O) groups excluding carboxylic acids is 2. The van der Waals surface area contributed by atoms with Crippen LogP contribution in [-0.2, 0) is 4.79 Å². The number of amides is 2. The van der Waals surface area contributed by atoms with Crippen LogP contribution < -0.4 is 5.32 Å². The van der Waals surface area contributed by atoms with E-state index < -0.39 is 0 Å². The van der Waals surface area contributed by atoms with Crippen LogP contribution in [0.2, 0.25) is 0 Å². The predicted octanol–water partition coefficient (Wildman–Crippen LogP) is 4.56. The summed E-state index contributed by atoms with van der Waals surface area (Å²) in [4.78, 5) is 37.4. The highest BCUT2D eigenvalue weighted by molar-refractivity contribution is 9.11. The van der Waals surface area contributed by atoms with Gasteiger partial charge in [0.15, 0.2) is 5.82 Å². The Morgan fingerprint density at radius 2 is 2.05 bits per heavy atom. The van der Waals surface area contributed by atoms with E-state index in [1.54, 1.807) is 24.1 Å². The van der Waals surface area contributed by atoms with Gasteiger partial charge >= 0.3 is 0 Å². The van der Waals surface area contributed by atoms with Crippen LogP contribution in [0.3, 0.4) is 0 Å². The number of hydrogen-bond donors (Lipinski definition) is 1. The molecule has 5 aromatic rings. The fourth-order valence-corrected chi connectivity index (χ4v) is 6.18. The number of nitrogens with one attached hydrogen (secondary N) is 1. The number of pyridine rings is 1.